The molecule has 0 atom stereocenters. The zero-order chi connectivity index (χ0) is 14.1. The fourth-order valence-corrected chi connectivity index (χ4v) is 2.85. The SMILES string of the molecule is Cc1ccsc1/C=C(\C(=O)O)c1ccc2c(c1)OCO2. The summed E-state index contributed by atoms with van der Waals surface area (Å²) in [6, 6.07) is 7.13. The molecule has 1 aromatic carbocycles. The van der Waals surface area contributed by atoms with Crippen LogP contribution in [0.2, 0.25) is 0 Å². The summed E-state index contributed by atoms with van der Waals surface area (Å²) in [6.07, 6.45) is 1.69. The molecule has 0 amide bonds. The van der Waals surface area contributed by atoms with Crippen molar-refractivity contribution in [3.05, 3.63) is 45.6 Å². The van der Waals surface area contributed by atoms with Gasteiger partial charge >= 0.3 is 5.97 Å². The summed E-state index contributed by atoms with van der Waals surface area (Å²) in [5, 5.41) is 11.4. The Bertz CT molecular complexity index is 700. The lowest BCUT2D eigenvalue weighted by atomic mass is 10.0. The van der Waals surface area contributed by atoms with E-state index in [1.54, 1.807) is 24.3 Å². The zero-order valence-electron chi connectivity index (χ0n) is 10.8. The molecule has 1 aliphatic heterocycles. The Hall–Kier alpha value is -2.27. The van der Waals surface area contributed by atoms with E-state index in [4.69, 9.17) is 9.47 Å². The maximum absolute atomic E-state index is 11.5. The van der Waals surface area contributed by atoms with Gasteiger partial charge in [-0.15, -0.1) is 11.3 Å². The third-order valence-electron chi connectivity index (χ3n) is 3.09. The molecule has 2 heterocycles. The number of carboxylic acids is 1. The van der Waals surface area contributed by atoms with Gasteiger partial charge in [0.1, 0.15) is 0 Å². The topological polar surface area (TPSA) is 55.8 Å². The largest absolute Gasteiger partial charge is 0.478 e. The summed E-state index contributed by atoms with van der Waals surface area (Å²) in [5.41, 5.74) is 1.91. The van der Waals surface area contributed by atoms with E-state index in [0.29, 0.717) is 17.1 Å². The van der Waals surface area contributed by atoms with Crippen molar-refractivity contribution in [1.29, 1.82) is 0 Å². The molecule has 1 aromatic heterocycles. The van der Waals surface area contributed by atoms with Crippen LogP contribution in [0, 0.1) is 6.92 Å². The zero-order valence-corrected chi connectivity index (χ0v) is 11.6. The number of fused-ring (bicyclic) bond motifs is 1. The van der Waals surface area contributed by atoms with Gasteiger partial charge in [-0.05, 0) is 47.7 Å². The van der Waals surface area contributed by atoms with Crippen molar-refractivity contribution < 1.29 is 19.4 Å². The van der Waals surface area contributed by atoms with Crippen molar-refractivity contribution in [2.45, 2.75) is 6.92 Å². The van der Waals surface area contributed by atoms with Crippen LogP contribution >= 0.6 is 11.3 Å². The lowest BCUT2D eigenvalue weighted by Crippen LogP contribution is -1.99. The number of carbonyl (C=O) groups is 1. The van der Waals surface area contributed by atoms with E-state index in [9.17, 15) is 9.90 Å². The van der Waals surface area contributed by atoms with Crippen molar-refractivity contribution >= 4 is 29.0 Å². The first kappa shape index (κ1) is 12.7. The molecule has 102 valence electrons. The normalized spacial score (nSPS) is 13.6. The highest BCUT2D eigenvalue weighted by molar-refractivity contribution is 7.11. The molecule has 0 spiro atoms. The number of rotatable bonds is 3. The van der Waals surface area contributed by atoms with Gasteiger partial charge in [-0.2, -0.15) is 0 Å². The molecule has 4 nitrogen and oxygen atoms in total. The summed E-state index contributed by atoms with van der Waals surface area (Å²) in [4.78, 5) is 12.4. The minimum absolute atomic E-state index is 0.176. The lowest BCUT2D eigenvalue weighted by molar-refractivity contribution is -0.130. The Morgan fingerprint density at radius 3 is 2.80 bits per heavy atom. The molecule has 0 unspecified atom stereocenters. The molecule has 0 fully saturated rings. The molecule has 5 heteroatoms. The van der Waals surface area contributed by atoms with E-state index >= 15 is 0 Å². The van der Waals surface area contributed by atoms with E-state index in [-0.39, 0.29) is 12.4 Å². The van der Waals surface area contributed by atoms with Gasteiger partial charge in [-0.25, -0.2) is 4.79 Å². The number of ether oxygens (including phenoxy) is 2. The standard InChI is InChI=1S/C15H12O4S/c1-9-4-5-20-14(9)7-11(15(16)17)10-2-3-12-13(6-10)19-8-18-12/h2-7H,8H2,1H3,(H,16,17)/b11-7-. The molecular weight excluding hydrogens is 276 g/mol. The van der Waals surface area contributed by atoms with Gasteiger partial charge in [0.2, 0.25) is 6.79 Å². The predicted octanol–water partition coefficient (Wildman–Crippen LogP) is 3.41. The number of aliphatic carboxylic acids is 1. The first-order valence-corrected chi connectivity index (χ1v) is 6.92. The fourth-order valence-electron chi connectivity index (χ4n) is 2.00. The quantitative estimate of drug-likeness (QED) is 0.879. The summed E-state index contributed by atoms with van der Waals surface area (Å²) >= 11 is 1.52. The summed E-state index contributed by atoms with van der Waals surface area (Å²) < 4.78 is 10.5. The number of hydrogen-bond donors (Lipinski definition) is 1. The van der Waals surface area contributed by atoms with Crippen LogP contribution in [0.5, 0.6) is 11.5 Å². The van der Waals surface area contributed by atoms with Crippen molar-refractivity contribution in [3.63, 3.8) is 0 Å². The Morgan fingerprint density at radius 1 is 1.30 bits per heavy atom. The molecule has 0 radical (unpaired) electrons. The molecule has 0 saturated heterocycles. The minimum Gasteiger partial charge on any atom is -0.478 e. The van der Waals surface area contributed by atoms with Gasteiger partial charge in [0, 0.05) is 4.88 Å². The smallest absolute Gasteiger partial charge is 0.336 e. The van der Waals surface area contributed by atoms with E-state index in [0.717, 1.165) is 10.4 Å². The molecule has 20 heavy (non-hydrogen) atoms. The van der Waals surface area contributed by atoms with Crippen LogP contribution in [0.1, 0.15) is 16.0 Å². The number of thiophene rings is 1. The number of carboxylic acid groups (broad SMARTS) is 1. The van der Waals surface area contributed by atoms with Crippen LogP contribution in [0.4, 0.5) is 0 Å². The molecule has 2 aromatic rings. The molecular formula is C15H12O4S. The van der Waals surface area contributed by atoms with Gasteiger partial charge in [-0.3, -0.25) is 0 Å². The number of benzene rings is 1. The molecule has 1 N–H and O–H groups in total. The Labute approximate surface area is 119 Å². The summed E-state index contributed by atoms with van der Waals surface area (Å²) in [6.45, 7) is 2.14. The number of aryl methyl sites for hydroxylation is 1. The first-order chi connectivity index (χ1) is 9.65. The molecule has 3 rings (SSSR count). The van der Waals surface area contributed by atoms with Crippen molar-refractivity contribution in [3.8, 4) is 11.5 Å². The summed E-state index contributed by atoms with van der Waals surface area (Å²) in [5.74, 6) is 0.264. The predicted molar refractivity (Wildman–Crippen MR) is 77.1 cm³/mol. The maximum atomic E-state index is 11.5. The van der Waals surface area contributed by atoms with Crippen LogP contribution in [0.25, 0.3) is 11.6 Å². The van der Waals surface area contributed by atoms with Crippen molar-refractivity contribution in [2.75, 3.05) is 6.79 Å². The molecule has 0 saturated carbocycles. The highest BCUT2D eigenvalue weighted by atomic mass is 32.1. The van der Waals surface area contributed by atoms with Gasteiger partial charge in [0.15, 0.2) is 11.5 Å². The Morgan fingerprint density at radius 2 is 2.10 bits per heavy atom. The van der Waals surface area contributed by atoms with Crippen molar-refractivity contribution in [2.24, 2.45) is 0 Å². The first-order valence-electron chi connectivity index (χ1n) is 6.04. The number of hydrogen-bond acceptors (Lipinski definition) is 4. The monoisotopic (exact) mass is 288 g/mol. The second-order valence-corrected chi connectivity index (χ2v) is 5.35. The fraction of sp³-hybridized carbons (Fsp3) is 0.133. The second kappa shape index (κ2) is 5.02. The lowest BCUT2D eigenvalue weighted by Gasteiger charge is -2.04. The van der Waals surface area contributed by atoms with Gasteiger partial charge in [0.05, 0.1) is 5.57 Å². The van der Waals surface area contributed by atoms with Gasteiger partial charge in [0.25, 0.3) is 0 Å². The average molecular weight is 288 g/mol. The molecule has 0 aliphatic carbocycles. The van der Waals surface area contributed by atoms with E-state index in [2.05, 4.69) is 0 Å². The maximum Gasteiger partial charge on any atom is 0.336 e. The second-order valence-electron chi connectivity index (χ2n) is 4.40. The highest BCUT2D eigenvalue weighted by Crippen LogP contribution is 2.35. The van der Waals surface area contributed by atoms with Crippen LogP contribution in [0.3, 0.4) is 0 Å². The van der Waals surface area contributed by atoms with Gasteiger partial charge < -0.3 is 14.6 Å². The van der Waals surface area contributed by atoms with E-state index < -0.39 is 5.97 Å². The van der Waals surface area contributed by atoms with E-state index in [1.807, 2.05) is 18.4 Å². The van der Waals surface area contributed by atoms with Crippen LogP contribution in [0.15, 0.2) is 29.6 Å². The molecule has 1 aliphatic rings. The summed E-state index contributed by atoms with van der Waals surface area (Å²) in [7, 11) is 0. The highest BCUT2D eigenvalue weighted by Gasteiger charge is 2.18. The van der Waals surface area contributed by atoms with Crippen LogP contribution < -0.4 is 9.47 Å². The van der Waals surface area contributed by atoms with Crippen molar-refractivity contribution in [1.82, 2.24) is 0 Å². The Balaban J connectivity index is 2.06. The van der Waals surface area contributed by atoms with Gasteiger partial charge in [-0.1, -0.05) is 6.07 Å². The van der Waals surface area contributed by atoms with E-state index in [1.165, 1.54) is 11.3 Å². The average Bonchev–Trinajstić information content (AvgIpc) is 3.03. The van der Waals surface area contributed by atoms with Crippen LogP contribution in [-0.2, 0) is 4.79 Å². The van der Waals surface area contributed by atoms with Crippen LogP contribution in [-0.4, -0.2) is 17.9 Å². The third kappa shape index (κ3) is 2.28. The molecule has 0 bridgehead atoms. The third-order valence-corrected chi connectivity index (χ3v) is 4.06. The minimum atomic E-state index is -0.961. The Kier molecular flexibility index (Phi) is 3.20.